The zero-order valence-corrected chi connectivity index (χ0v) is 13.5. The highest BCUT2D eigenvalue weighted by Gasteiger charge is 2.08. The van der Waals surface area contributed by atoms with Gasteiger partial charge in [0, 0.05) is 11.4 Å². The van der Waals surface area contributed by atoms with Gasteiger partial charge >= 0.3 is 0 Å². The predicted molar refractivity (Wildman–Crippen MR) is 84.6 cm³/mol. The summed E-state index contributed by atoms with van der Waals surface area (Å²) < 4.78 is 5.85. The second kappa shape index (κ2) is 6.65. The number of halogens is 3. The van der Waals surface area contributed by atoms with Crippen molar-refractivity contribution in [1.82, 2.24) is 0 Å². The summed E-state index contributed by atoms with van der Waals surface area (Å²) in [6.45, 7) is 2.01. The Morgan fingerprint density at radius 3 is 2.32 bits per heavy atom. The smallest absolute Gasteiger partial charge is 0.121 e. The van der Waals surface area contributed by atoms with E-state index in [0.717, 1.165) is 10.9 Å². The summed E-state index contributed by atoms with van der Waals surface area (Å²) in [4.78, 5) is 0. The summed E-state index contributed by atoms with van der Waals surface area (Å²) in [5.41, 5.74) is 2.36. The largest absolute Gasteiger partial charge is 0.486 e. The lowest BCUT2D eigenvalue weighted by Crippen LogP contribution is -2.03. The van der Waals surface area contributed by atoms with E-state index in [1.807, 2.05) is 13.0 Å². The summed E-state index contributed by atoms with van der Waals surface area (Å²) >= 11 is 15.3. The zero-order chi connectivity index (χ0) is 13.8. The van der Waals surface area contributed by atoms with E-state index in [9.17, 15) is 0 Å². The third-order valence-electron chi connectivity index (χ3n) is 2.81. The van der Waals surface area contributed by atoms with Crippen LogP contribution in [0.4, 0.5) is 0 Å². The monoisotopic (exact) mass is 358 g/mol. The lowest BCUT2D eigenvalue weighted by molar-refractivity contribution is 0.227. The Morgan fingerprint density at radius 1 is 1.05 bits per heavy atom. The molecule has 1 unspecified atom stereocenters. The molecule has 0 heterocycles. The Labute approximate surface area is 131 Å². The number of alkyl halides is 1. The van der Waals surface area contributed by atoms with Gasteiger partial charge in [0.05, 0.1) is 10.0 Å². The number of benzene rings is 2. The van der Waals surface area contributed by atoms with E-state index >= 15 is 0 Å². The lowest BCUT2D eigenvalue weighted by Gasteiger charge is -2.15. The molecule has 0 radical (unpaired) electrons. The van der Waals surface area contributed by atoms with Gasteiger partial charge in [-0.25, -0.2) is 0 Å². The Hall–Kier alpha value is -0.700. The number of hydrogen-bond donors (Lipinski definition) is 0. The van der Waals surface area contributed by atoms with Crippen LogP contribution in [0.25, 0.3) is 0 Å². The van der Waals surface area contributed by atoms with Gasteiger partial charge in [-0.15, -0.1) is 0 Å². The Kier molecular flexibility index (Phi) is 5.14. The van der Waals surface area contributed by atoms with Gasteiger partial charge in [-0.1, -0.05) is 63.4 Å². The van der Waals surface area contributed by atoms with Crippen LogP contribution in [0, 0.1) is 0 Å². The molecule has 2 rings (SSSR count). The van der Waals surface area contributed by atoms with Crippen molar-refractivity contribution in [2.75, 3.05) is 0 Å². The van der Waals surface area contributed by atoms with Gasteiger partial charge in [-0.2, -0.15) is 0 Å². The first-order valence-electron chi connectivity index (χ1n) is 5.86. The highest BCUT2D eigenvalue weighted by molar-refractivity contribution is 9.08. The molecule has 0 amide bonds. The molecule has 2 aromatic rings. The van der Waals surface area contributed by atoms with Crippen molar-refractivity contribution < 1.29 is 4.74 Å². The third kappa shape index (κ3) is 3.88. The molecule has 0 aliphatic heterocycles. The van der Waals surface area contributed by atoms with Gasteiger partial charge in [-0.3, -0.25) is 0 Å². The van der Waals surface area contributed by atoms with Crippen LogP contribution in [0.5, 0.6) is 5.75 Å². The molecule has 0 saturated heterocycles. The average Bonchev–Trinajstić information content (AvgIpc) is 2.43. The van der Waals surface area contributed by atoms with Crippen molar-refractivity contribution in [3.8, 4) is 5.75 Å². The maximum atomic E-state index is 5.97. The third-order valence-corrected chi connectivity index (χ3v) is 4.19. The molecule has 19 heavy (non-hydrogen) atoms. The summed E-state index contributed by atoms with van der Waals surface area (Å²) in [6.07, 6.45) is -0.0402. The Morgan fingerprint density at radius 2 is 1.74 bits per heavy atom. The van der Waals surface area contributed by atoms with Crippen LogP contribution in [0.1, 0.15) is 24.2 Å². The topological polar surface area (TPSA) is 9.23 Å². The second-order valence-corrected chi connectivity index (χ2v) is 5.59. The lowest BCUT2D eigenvalue weighted by atomic mass is 10.1. The SMILES string of the molecule is CC(Oc1ccc(Cl)c(Cl)c1)c1ccc(CBr)cc1. The van der Waals surface area contributed by atoms with Crippen molar-refractivity contribution in [1.29, 1.82) is 0 Å². The standard InChI is InChI=1S/C15H13BrCl2O/c1-10(12-4-2-11(9-16)3-5-12)19-13-6-7-14(17)15(18)8-13/h2-8,10H,9H2,1H3. The minimum absolute atomic E-state index is 0.0402. The second-order valence-electron chi connectivity index (χ2n) is 4.21. The van der Waals surface area contributed by atoms with E-state index in [2.05, 4.69) is 40.2 Å². The molecular formula is C15H13BrCl2O. The maximum Gasteiger partial charge on any atom is 0.121 e. The van der Waals surface area contributed by atoms with E-state index < -0.39 is 0 Å². The molecule has 0 saturated carbocycles. The summed E-state index contributed by atoms with van der Waals surface area (Å²) in [6, 6.07) is 13.6. The van der Waals surface area contributed by atoms with Crippen molar-refractivity contribution >= 4 is 39.1 Å². The highest BCUT2D eigenvalue weighted by atomic mass is 79.9. The quantitative estimate of drug-likeness (QED) is 0.605. The summed E-state index contributed by atoms with van der Waals surface area (Å²) in [5.74, 6) is 0.714. The van der Waals surface area contributed by atoms with Gasteiger partial charge in [0.15, 0.2) is 0 Å². The van der Waals surface area contributed by atoms with E-state index in [1.165, 1.54) is 5.56 Å². The number of rotatable bonds is 4. The van der Waals surface area contributed by atoms with Crippen molar-refractivity contribution in [2.45, 2.75) is 18.4 Å². The normalized spacial score (nSPS) is 12.2. The first kappa shape index (κ1) is 14.7. The first-order chi connectivity index (χ1) is 9.10. The minimum Gasteiger partial charge on any atom is -0.486 e. The molecule has 0 aromatic heterocycles. The predicted octanol–water partition coefficient (Wildman–Crippen LogP) is 6.03. The van der Waals surface area contributed by atoms with Crippen LogP contribution < -0.4 is 4.74 Å². The van der Waals surface area contributed by atoms with Crippen molar-refractivity contribution in [3.05, 3.63) is 63.6 Å². The maximum absolute atomic E-state index is 5.97. The van der Waals surface area contributed by atoms with Crippen LogP contribution >= 0.6 is 39.1 Å². The van der Waals surface area contributed by atoms with Crippen molar-refractivity contribution in [2.24, 2.45) is 0 Å². The van der Waals surface area contributed by atoms with Gasteiger partial charge in [0.25, 0.3) is 0 Å². The Bertz CT molecular complexity index is 555. The van der Waals surface area contributed by atoms with Crippen LogP contribution in [0.3, 0.4) is 0 Å². The molecule has 2 aromatic carbocycles. The molecule has 1 nitrogen and oxygen atoms in total. The molecule has 1 atom stereocenters. The molecule has 0 aliphatic rings. The van der Waals surface area contributed by atoms with Crippen molar-refractivity contribution in [3.63, 3.8) is 0 Å². The number of ether oxygens (including phenoxy) is 1. The Balaban J connectivity index is 2.10. The van der Waals surface area contributed by atoms with E-state index in [0.29, 0.717) is 15.8 Å². The van der Waals surface area contributed by atoms with Crippen LogP contribution in [-0.4, -0.2) is 0 Å². The van der Waals surface area contributed by atoms with E-state index in [4.69, 9.17) is 27.9 Å². The molecule has 0 N–H and O–H groups in total. The molecule has 0 spiro atoms. The van der Waals surface area contributed by atoms with E-state index in [-0.39, 0.29) is 6.10 Å². The van der Waals surface area contributed by atoms with Crippen LogP contribution in [0.2, 0.25) is 10.0 Å². The van der Waals surface area contributed by atoms with Gasteiger partial charge in [0.1, 0.15) is 11.9 Å². The molecule has 0 fully saturated rings. The molecule has 0 aliphatic carbocycles. The van der Waals surface area contributed by atoms with Crippen LogP contribution in [0.15, 0.2) is 42.5 Å². The summed E-state index contributed by atoms with van der Waals surface area (Å²) in [5, 5.41) is 1.89. The molecule has 0 bridgehead atoms. The zero-order valence-electron chi connectivity index (χ0n) is 10.4. The fraction of sp³-hybridized carbons (Fsp3) is 0.200. The van der Waals surface area contributed by atoms with E-state index in [1.54, 1.807) is 12.1 Å². The number of hydrogen-bond acceptors (Lipinski definition) is 1. The van der Waals surface area contributed by atoms with Gasteiger partial charge < -0.3 is 4.74 Å². The fourth-order valence-corrected chi connectivity index (χ4v) is 2.36. The molecule has 4 heteroatoms. The summed E-state index contributed by atoms with van der Waals surface area (Å²) in [7, 11) is 0. The molecular weight excluding hydrogens is 347 g/mol. The first-order valence-corrected chi connectivity index (χ1v) is 7.74. The average molecular weight is 360 g/mol. The van der Waals surface area contributed by atoms with Gasteiger partial charge in [-0.05, 0) is 30.2 Å². The van der Waals surface area contributed by atoms with Crippen LogP contribution in [-0.2, 0) is 5.33 Å². The molecule has 100 valence electrons. The minimum atomic E-state index is -0.0402. The fourth-order valence-electron chi connectivity index (χ4n) is 1.70. The van der Waals surface area contributed by atoms with Gasteiger partial charge in [0.2, 0.25) is 0 Å². The highest BCUT2D eigenvalue weighted by Crippen LogP contribution is 2.29.